The second-order valence-corrected chi connectivity index (χ2v) is 3.02. The molecule has 58 valence electrons. The second kappa shape index (κ2) is 3.77. The first-order valence-electron chi connectivity index (χ1n) is 4.09. The highest BCUT2D eigenvalue weighted by molar-refractivity contribution is 4.77. The molecule has 1 fully saturated rings. The Balaban J connectivity index is 2.24. The molecular formula is C9H16O. The summed E-state index contributed by atoms with van der Waals surface area (Å²) in [7, 11) is 0. The zero-order valence-corrected chi connectivity index (χ0v) is 6.68. The molecule has 10 heavy (non-hydrogen) atoms. The van der Waals surface area contributed by atoms with Crippen LogP contribution in [0.1, 0.15) is 32.6 Å². The van der Waals surface area contributed by atoms with Gasteiger partial charge >= 0.3 is 0 Å². The lowest BCUT2D eigenvalue weighted by Gasteiger charge is -2.26. The molecule has 0 spiro atoms. The maximum Gasteiger partial charge on any atom is 0.0613 e. The number of rotatable bonds is 2. The summed E-state index contributed by atoms with van der Waals surface area (Å²) in [5.41, 5.74) is 0. The lowest BCUT2D eigenvalue weighted by Crippen LogP contribution is -2.24. The van der Waals surface area contributed by atoms with Gasteiger partial charge < -0.3 is 4.74 Å². The highest BCUT2D eigenvalue weighted by Gasteiger charge is 2.16. The fourth-order valence-corrected chi connectivity index (χ4v) is 1.46. The minimum Gasteiger partial charge on any atom is -0.375 e. The van der Waals surface area contributed by atoms with Gasteiger partial charge in [-0.25, -0.2) is 0 Å². The highest BCUT2D eigenvalue weighted by atomic mass is 16.5. The van der Waals surface area contributed by atoms with Crippen LogP contribution in [0.5, 0.6) is 0 Å². The van der Waals surface area contributed by atoms with Crippen LogP contribution in [-0.2, 0) is 4.74 Å². The van der Waals surface area contributed by atoms with Gasteiger partial charge in [0.05, 0.1) is 12.2 Å². The van der Waals surface area contributed by atoms with Gasteiger partial charge in [-0.2, -0.15) is 0 Å². The first-order valence-corrected chi connectivity index (χ1v) is 4.09. The third kappa shape index (κ3) is 2.14. The maximum absolute atomic E-state index is 5.66. The first kappa shape index (κ1) is 7.80. The van der Waals surface area contributed by atoms with Gasteiger partial charge in [0.1, 0.15) is 0 Å². The van der Waals surface area contributed by atoms with E-state index in [1.54, 1.807) is 0 Å². The molecule has 0 saturated carbocycles. The van der Waals surface area contributed by atoms with E-state index >= 15 is 0 Å². The van der Waals surface area contributed by atoms with Crippen LogP contribution in [0.2, 0.25) is 0 Å². The van der Waals surface area contributed by atoms with Gasteiger partial charge in [0.15, 0.2) is 0 Å². The Morgan fingerprint density at radius 1 is 1.60 bits per heavy atom. The van der Waals surface area contributed by atoms with Gasteiger partial charge in [0.2, 0.25) is 0 Å². The van der Waals surface area contributed by atoms with Gasteiger partial charge in [0.25, 0.3) is 0 Å². The Morgan fingerprint density at radius 3 is 3.00 bits per heavy atom. The fourth-order valence-electron chi connectivity index (χ4n) is 1.46. The molecule has 0 aromatic heterocycles. The minimum atomic E-state index is 0.459. The summed E-state index contributed by atoms with van der Waals surface area (Å²) in [4.78, 5) is 0. The van der Waals surface area contributed by atoms with Gasteiger partial charge in [-0.05, 0) is 32.6 Å². The first-order chi connectivity index (χ1) is 4.83. The van der Waals surface area contributed by atoms with E-state index in [1.165, 1.54) is 19.3 Å². The monoisotopic (exact) mass is 140 g/mol. The van der Waals surface area contributed by atoms with E-state index in [1.807, 2.05) is 6.08 Å². The molecule has 0 aliphatic carbocycles. The van der Waals surface area contributed by atoms with Gasteiger partial charge in [-0.3, -0.25) is 0 Å². The molecule has 2 atom stereocenters. The molecule has 1 heteroatoms. The molecule has 1 aliphatic heterocycles. The zero-order valence-electron chi connectivity index (χ0n) is 6.68. The van der Waals surface area contributed by atoms with Crippen LogP contribution in [-0.4, -0.2) is 12.2 Å². The highest BCUT2D eigenvalue weighted by Crippen LogP contribution is 2.20. The molecule has 0 unspecified atom stereocenters. The van der Waals surface area contributed by atoms with E-state index in [0.717, 1.165) is 6.42 Å². The molecule has 0 aromatic rings. The topological polar surface area (TPSA) is 9.23 Å². The summed E-state index contributed by atoms with van der Waals surface area (Å²) in [6.45, 7) is 5.85. The largest absolute Gasteiger partial charge is 0.375 e. The van der Waals surface area contributed by atoms with Crippen LogP contribution >= 0.6 is 0 Å². The van der Waals surface area contributed by atoms with Crippen molar-refractivity contribution in [2.75, 3.05) is 0 Å². The van der Waals surface area contributed by atoms with E-state index in [2.05, 4.69) is 13.5 Å². The van der Waals surface area contributed by atoms with Crippen LogP contribution < -0.4 is 0 Å². The van der Waals surface area contributed by atoms with Crippen molar-refractivity contribution >= 4 is 0 Å². The molecule has 0 amide bonds. The summed E-state index contributed by atoms with van der Waals surface area (Å²) in [6, 6.07) is 0. The minimum absolute atomic E-state index is 0.459. The lowest BCUT2D eigenvalue weighted by atomic mass is 10.0. The number of ether oxygens (including phenoxy) is 1. The molecular weight excluding hydrogens is 124 g/mol. The molecule has 1 heterocycles. The standard InChI is InChI=1S/C9H16O/c1-3-5-9-7-4-6-8(2)10-9/h3,8-9H,1,4-7H2,2H3/t8-,9-/m0/s1. The number of hydrogen-bond donors (Lipinski definition) is 0. The normalized spacial score (nSPS) is 33.7. The van der Waals surface area contributed by atoms with E-state index in [4.69, 9.17) is 4.74 Å². The van der Waals surface area contributed by atoms with Crippen molar-refractivity contribution in [3.63, 3.8) is 0 Å². The maximum atomic E-state index is 5.66. The molecule has 1 rings (SSSR count). The smallest absolute Gasteiger partial charge is 0.0613 e. The van der Waals surface area contributed by atoms with Crippen LogP contribution in [0, 0.1) is 0 Å². The Bertz CT molecular complexity index is 109. The molecule has 0 N–H and O–H groups in total. The zero-order chi connectivity index (χ0) is 7.40. The third-order valence-corrected chi connectivity index (χ3v) is 1.99. The quantitative estimate of drug-likeness (QED) is 0.535. The molecule has 0 radical (unpaired) electrons. The average Bonchev–Trinajstić information content (AvgIpc) is 1.88. The van der Waals surface area contributed by atoms with E-state index in [9.17, 15) is 0 Å². The molecule has 0 aromatic carbocycles. The van der Waals surface area contributed by atoms with Crippen molar-refractivity contribution in [1.29, 1.82) is 0 Å². The van der Waals surface area contributed by atoms with E-state index < -0.39 is 0 Å². The van der Waals surface area contributed by atoms with Crippen molar-refractivity contribution in [3.05, 3.63) is 12.7 Å². The van der Waals surface area contributed by atoms with Crippen molar-refractivity contribution in [1.82, 2.24) is 0 Å². The van der Waals surface area contributed by atoms with Crippen LogP contribution in [0.25, 0.3) is 0 Å². The summed E-state index contributed by atoms with van der Waals surface area (Å²) in [5, 5.41) is 0. The summed E-state index contributed by atoms with van der Waals surface area (Å²) < 4.78 is 5.66. The summed E-state index contributed by atoms with van der Waals surface area (Å²) in [5.74, 6) is 0. The van der Waals surface area contributed by atoms with Crippen LogP contribution in [0.3, 0.4) is 0 Å². The van der Waals surface area contributed by atoms with E-state index in [0.29, 0.717) is 12.2 Å². The summed E-state index contributed by atoms with van der Waals surface area (Å²) in [6.07, 6.45) is 7.66. The fraction of sp³-hybridized carbons (Fsp3) is 0.778. The SMILES string of the molecule is C=CC[C@H]1CCC[C@H](C)O1. The van der Waals surface area contributed by atoms with Crippen molar-refractivity contribution in [2.45, 2.75) is 44.8 Å². The van der Waals surface area contributed by atoms with Crippen molar-refractivity contribution in [3.8, 4) is 0 Å². The summed E-state index contributed by atoms with van der Waals surface area (Å²) >= 11 is 0. The van der Waals surface area contributed by atoms with Crippen molar-refractivity contribution < 1.29 is 4.74 Å². The van der Waals surface area contributed by atoms with Gasteiger partial charge in [-0.1, -0.05) is 6.08 Å². The van der Waals surface area contributed by atoms with Crippen molar-refractivity contribution in [2.24, 2.45) is 0 Å². The van der Waals surface area contributed by atoms with Crippen LogP contribution in [0.15, 0.2) is 12.7 Å². The second-order valence-electron chi connectivity index (χ2n) is 3.02. The van der Waals surface area contributed by atoms with Gasteiger partial charge in [0, 0.05) is 0 Å². The molecule has 1 saturated heterocycles. The lowest BCUT2D eigenvalue weighted by molar-refractivity contribution is -0.0374. The molecule has 1 nitrogen and oxygen atoms in total. The van der Waals surface area contributed by atoms with E-state index in [-0.39, 0.29) is 0 Å². The predicted octanol–water partition coefficient (Wildman–Crippen LogP) is 2.52. The van der Waals surface area contributed by atoms with Crippen LogP contribution in [0.4, 0.5) is 0 Å². The van der Waals surface area contributed by atoms with Gasteiger partial charge in [-0.15, -0.1) is 6.58 Å². The predicted molar refractivity (Wildman–Crippen MR) is 43.0 cm³/mol. The Kier molecular flexibility index (Phi) is 2.94. The third-order valence-electron chi connectivity index (χ3n) is 1.99. The Labute approximate surface area is 63.1 Å². The number of hydrogen-bond acceptors (Lipinski definition) is 1. The Hall–Kier alpha value is -0.300. The Morgan fingerprint density at radius 2 is 2.40 bits per heavy atom. The molecule has 1 aliphatic rings. The molecule has 0 bridgehead atoms. The average molecular weight is 140 g/mol.